The van der Waals surface area contributed by atoms with Crippen molar-refractivity contribution in [1.29, 1.82) is 0 Å². The maximum atomic E-state index is 5.86. The summed E-state index contributed by atoms with van der Waals surface area (Å²) in [6.07, 6.45) is 0. The molecule has 1 saturated heterocycles. The van der Waals surface area contributed by atoms with Crippen LogP contribution in [0.2, 0.25) is 0 Å². The molecule has 0 spiro atoms. The SMILES string of the molecule is Cc1cc(N2CC(C)C2)c(C)cc1N. The third kappa shape index (κ3) is 1.45. The summed E-state index contributed by atoms with van der Waals surface area (Å²) in [4.78, 5) is 2.42. The molecule has 0 bridgehead atoms. The minimum atomic E-state index is 0.840. The number of nitrogens with two attached hydrogens (primary N) is 1. The Kier molecular flexibility index (Phi) is 2.14. The molecule has 2 heteroatoms. The maximum Gasteiger partial charge on any atom is 0.0400 e. The summed E-state index contributed by atoms with van der Waals surface area (Å²) in [5, 5.41) is 0. The van der Waals surface area contributed by atoms with Crippen molar-refractivity contribution in [1.82, 2.24) is 0 Å². The first-order valence-electron chi connectivity index (χ1n) is 5.19. The summed E-state index contributed by atoms with van der Waals surface area (Å²) in [5.41, 5.74) is 10.6. The molecule has 2 N–H and O–H groups in total. The van der Waals surface area contributed by atoms with Crippen molar-refractivity contribution in [2.45, 2.75) is 20.8 Å². The van der Waals surface area contributed by atoms with Gasteiger partial charge in [0.2, 0.25) is 0 Å². The molecule has 1 heterocycles. The molecule has 1 aliphatic rings. The van der Waals surface area contributed by atoms with Crippen LogP contribution in [0.3, 0.4) is 0 Å². The van der Waals surface area contributed by atoms with E-state index in [1.165, 1.54) is 29.9 Å². The largest absolute Gasteiger partial charge is 0.399 e. The summed E-state index contributed by atoms with van der Waals surface area (Å²) >= 11 is 0. The van der Waals surface area contributed by atoms with Crippen molar-refractivity contribution < 1.29 is 0 Å². The smallest absolute Gasteiger partial charge is 0.0400 e. The summed E-state index contributed by atoms with van der Waals surface area (Å²) in [5.74, 6) is 0.840. The molecular formula is C12H18N2. The second-order valence-corrected chi connectivity index (χ2v) is 4.51. The molecule has 0 saturated carbocycles. The van der Waals surface area contributed by atoms with E-state index in [2.05, 4.69) is 37.8 Å². The standard InChI is InChI=1S/C12H18N2/c1-8-6-14(7-8)12-5-9(2)11(13)4-10(12)3/h4-5,8H,6-7,13H2,1-3H3. The first-order chi connectivity index (χ1) is 6.58. The van der Waals surface area contributed by atoms with Gasteiger partial charge in [0, 0.05) is 24.5 Å². The summed E-state index contributed by atoms with van der Waals surface area (Å²) in [6, 6.07) is 4.28. The van der Waals surface area contributed by atoms with Gasteiger partial charge in [-0.3, -0.25) is 0 Å². The molecule has 0 unspecified atom stereocenters. The van der Waals surface area contributed by atoms with E-state index in [0.717, 1.165) is 11.6 Å². The molecular weight excluding hydrogens is 172 g/mol. The third-order valence-corrected chi connectivity index (χ3v) is 2.99. The predicted octanol–water partition coefficient (Wildman–Crippen LogP) is 2.34. The van der Waals surface area contributed by atoms with Gasteiger partial charge >= 0.3 is 0 Å². The van der Waals surface area contributed by atoms with E-state index < -0.39 is 0 Å². The van der Waals surface area contributed by atoms with Crippen LogP contribution < -0.4 is 10.6 Å². The van der Waals surface area contributed by atoms with Crippen molar-refractivity contribution in [3.63, 3.8) is 0 Å². The van der Waals surface area contributed by atoms with Crippen molar-refractivity contribution in [3.8, 4) is 0 Å². The van der Waals surface area contributed by atoms with Gasteiger partial charge in [-0.1, -0.05) is 6.92 Å². The van der Waals surface area contributed by atoms with Crippen molar-refractivity contribution in [3.05, 3.63) is 23.3 Å². The van der Waals surface area contributed by atoms with Crippen LogP contribution in [0.4, 0.5) is 11.4 Å². The normalized spacial score (nSPS) is 16.9. The van der Waals surface area contributed by atoms with Crippen LogP contribution in [-0.4, -0.2) is 13.1 Å². The summed E-state index contributed by atoms with van der Waals surface area (Å²) in [7, 11) is 0. The Hall–Kier alpha value is -1.18. The van der Waals surface area contributed by atoms with Crippen LogP contribution in [0.5, 0.6) is 0 Å². The maximum absolute atomic E-state index is 5.86. The second-order valence-electron chi connectivity index (χ2n) is 4.51. The minimum absolute atomic E-state index is 0.840. The van der Waals surface area contributed by atoms with E-state index in [0.29, 0.717) is 0 Å². The quantitative estimate of drug-likeness (QED) is 0.689. The molecule has 0 amide bonds. The molecule has 2 nitrogen and oxygen atoms in total. The van der Waals surface area contributed by atoms with Gasteiger partial charge in [0.15, 0.2) is 0 Å². The first-order valence-corrected chi connectivity index (χ1v) is 5.19. The zero-order valence-corrected chi connectivity index (χ0v) is 9.17. The molecule has 2 rings (SSSR count). The summed E-state index contributed by atoms with van der Waals surface area (Å²) in [6.45, 7) is 8.86. The van der Waals surface area contributed by atoms with Gasteiger partial charge in [0.05, 0.1) is 0 Å². The lowest BCUT2D eigenvalue weighted by Gasteiger charge is -2.40. The highest BCUT2D eigenvalue weighted by molar-refractivity contribution is 5.64. The Labute approximate surface area is 85.7 Å². The number of aryl methyl sites for hydroxylation is 2. The van der Waals surface area contributed by atoms with Crippen LogP contribution in [0, 0.1) is 19.8 Å². The average Bonchev–Trinajstić information content (AvgIpc) is 2.07. The molecule has 76 valence electrons. The Balaban J connectivity index is 2.30. The van der Waals surface area contributed by atoms with E-state index in [1.807, 2.05) is 0 Å². The van der Waals surface area contributed by atoms with E-state index in [4.69, 9.17) is 5.73 Å². The monoisotopic (exact) mass is 190 g/mol. The highest BCUT2D eigenvalue weighted by Crippen LogP contribution is 2.30. The Morgan fingerprint density at radius 2 is 1.86 bits per heavy atom. The fourth-order valence-corrected chi connectivity index (χ4v) is 2.06. The van der Waals surface area contributed by atoms with Gasteiger partial charge in [-0.2, -0.15) is 0 Å². The highest BCUT2D eigenvalue weighted by Gasteiger charge is 2.23. The number of hydrogen-bond donors (Lipinski definition) is 1. The lowest BCUT2D eigenvalue weighted by atomic mass is 9.99. The predicted molar refractivity (Wildman–Crippen MR) is 61.7 cm³/mol. The lowest BCUT2D eigenvalue weighted by Crippen LogP contribution is -2.45. The van der Waals surface area contributed by atoms with Gasteiger partial charge in [-0.05, 0) is 43.0 Å². The molecule has 14 heavy (non-hydrogen) atoms. The number of rotatable bonds is 1. The molecule has 0 aromatic heterocycles. The number of nitrogen functional groups attached to an aromatic ring is 1. The van der Waals surface area contributed by atoms with Gasteiger partial charge in [0.1, 0.15) is 0 Å². The molecule has 1 fully saturated rings. The second kappa shape index (κ2) is 3.19. The molecule has 1 aromatic rings. The molecule has 1 aliphatic heterocycles. The molecule has 1 aromatic carbocycles. The number of hydrogen-bond acceptors (Lipinski definition) is 2. The summed E-state index contributed by atoms with van der Waals surface area (Å²) < 4.78 is 0. The van der Waals surface area contributed by atoms with Crippen LogP contribution in [0.15, 0.2) is 12.1 Å². The minimum Gasteiger partial charge on any atom is -0.399 e. The third-order valence-electron chi connectivity index (χ3n) is 2.99. The van der Waals surface area contributed by atoms with Gasteiger partial charge in [-0.15, -0.1) is 0 Å². The Morgan fingerprint density at radius 3 is 2.43 bits per heavy atom. The molecule has 0 atom stereocenters. The van der Waals surface area contributed by atoms with Crippen LogP contribution in [0.1, 0.15) is 18.1 Å². The number of benzene rings is 1. The topological polar surface area (TPSA) is 29.3 Å². The van der Waals surface area contributed by atoms with Crippen LogP contribution >= 0.6 is 0 Å². The number of nitrogens with zero attached hydrogens (tertiary/aromatic N) is 1. The fourth-order valence-electron chi connectivity index (χ4n) is 2.06. The van der Waals surface area contributed by atoms with Crippen LogP contribution in [-0.2, 0) is 0 Å². The molecule has 0 radical (unpaired) electrons. The van der Waals surface area contributed by atoms with Crippen molar-refractivity contribution in [2.75, 3.05) is 23.7 Å². The van der Waals surface area contributed by atoms with E-state index in [1.54, 1.807) is 0 Å². The zero-order chi connectivity index (χ0) is 10.3. The van der Waals surface area contributed by atoms with E-state index in [-0.39, 0.29) is 0 Å². The highest BCUT2D eigenvalue weighted by atomic mass is 15.2. The fraction of sp³-hybridized carbons (Fsp3) is 0.500. The van der Waals surface area contributed by atoms with Gasteiger partial charge in [-0.25, -0.2) is 0 Å². The van der Waals surface area contributed by atoms with Crippen molar-refractivity contribution in [2.24, 2.45) is 5.92 Å². The average molecular weight is 190 g/mol. The molecule has 0 aliphatic carbocycles. The number of anilines is 2. The van der Waals surface area contributed by atoms with E-state index in [9.17, 15) is 0 Å². The first kappa shape index (κ1) is 9.38. The van der Waals surface area contributed by atoms with E-state index >= 15 is 0 Å². The lowest BCUT2D eigenvalue weighted by molar-refractivity contribution is 0.446. The zero-order valence-electron chi connectivity index (χ0n) is 9.17. The Morgan fingerprint density at radius 1 is 1.21 bits per heavy atom. The van der Waals surface area contributed by atoms with Crippen LogP contribution in [0.25, 0.3) is 0 Å². The van der Waals surface area contributed by atoms with Crippen molar-refractivity contribution >= 4 is 11.4 Å². The Bertz CT molecular complexity index is 352. The van der Waals surface area contributed by atoms with Gasteiger partial charge < -0.3 is 10.6 Å². The van der Waals surface area contributed by atoms with Gasteiger partial charge in [0.25, 0.3) is 0 Å².